The number of aryl methyl sites for hydroxylation is 1. The molecule has 0 amide bonds. The molecule has 0 spiro atoms. The number of anilines is 1. The van der Waals surface area contributed by atoms with Crippen molar-refractivity contribution in [2.45, 2.75) is 18.9 Å². The van der Waals surface area contributed by atoms with E-state index in [2.05, 4.69) is 58.2 Å². The third-order valence-corrected chi connectivity index (χ3v) is 7.54. The van der Waals surface area contributed by atoms with Gasteiger partial charge in [0, 0.05) is 48.2 Å². The van der Waals surface area contributed by atoms with E-state index in [1.807, 2.05) is 36.1 Å². The Kier molecular flexibility index (Phi) is 5.41. The van der Waals surface area contributed by atoms with Gasteiger partial charge in [-0.25, -0.2) is 9.78 Å². The zero-order valence-corrected chi connectivity index (χ0v) is 21.1. The molecule has 5 aromatic rings. The Hall–Kier alpha value is -3.91. The first-order chi connectivity index (χ1) is 17.4. The molecule has 184 valence electrons. The van der Waals surface area contributed by atoms with Gasteiger partial charge in [-0.3, -0.25) is 4.68 Å². The molecule has 2 aromatic carbocycles. The number of aromatic nitrogens is 4. The molecule has 6 rings (SSSR count). The van der Waals surface area contributed by atoms with Gasteiger partial charge in [0.25, 0.3) is 0 Å². The van der Waals surface area contributed by atoms with Gasteiger partial charge in [-0.05, 0) is 63.3 Å². The number of carbonyl (C=O) groups is 1. The normalized spacial score (nSPS) is 15.0. The fourth-order valence-electron chi connectivity index (χ4n) is 5.42. The fourth-order valence-corrected chi connectivity index (χ4v) is 5.42. The molecule has 36 heavy (non-hydrogen) atoms. The molecule has 8 nitrogen and oxygen atoms in total. The maximum Gasteiger partial charge on any atom is 0.340 e. The van der Waals surface area contributed by atoms with Gasteiger partial charge >= 0.3 is 5.97 Å². The summed E-state index contributed by atoms with van der Waals surface area (Å²) < 4.78 is 6.98. The first kappa shape index (κ1) is 22.5. The Morgan fingerprint density at radius 2 is 1.92 bits per heavy atom. The summed E-state index contributed by atoms with van der Waals surface area (Å²) in [5.74, 6) is -0.386. The van der Waals surface area contributed by atoms with Gasteiger partial charge in [0.05, 0.1) is 46.6 Å². The predicted octanol–water partition coefficient (Wildman–Crippen LogP) is 4.59. The lowest BCUT2D eigenvalue weighted by atomic mass is 10.0. The third-order valence-electron chi connectivity index (χ3n) is 7.54. The Morgan fingerprint density at radius 1 is 1.11 bits per heavy atom. The van der Waals surface area contributed by atoms with Crippen LogP contribution in [-0.4, -0.2) is 71.0 Å². The van der Waals surface area contributed by atoms with Crippen LogP contribution in [0.5, 0.6) is 0 Å². The second-order valence-electron chi connectivity index (χ2n) is 9.85. The van der Waals surface area contributed by atoms with E-state index in [1.165, 1.54) is 12.8 Å². The van der Waals surface area contributed by atoms with Gasteiger partial charge in [-0.15, -0.1) is 0 Å². The first-order valence-electron chi connectivity index (χ1n) is 12.3. The number of aromatic amines is 1. The van der Waals surface area contributed by atoms with Crippen molar-refractivity contribution in [2.24, 2.45) is 7.05 Å². The van der Waals surface area contributed by atoms with Crippen molar-refractivity contribution in [2.75, 3.05) is 39.2 Å². The lowest BCUT2D eigenvalue weighted by Crippen LogP contribution is -2.41. The minimum absolute atomic E-state index is 0.386. The first-order valence-corrected chi connectivity index (χ1v) is 12.3. The molecule has 0 aliphatic carbocycles. The monoisotopic (exact) mass is 482 g/mol. The molecule has 1 aliphatic rings. The lowest BCUT2D eigenvalue weighted by molar-refractivity contribution is 0.0602. The number of methoxy groups -OCH3 is 1. The number of nitrogens with zero attached hydrogens (tertiary/aromatic N) is 5. The number of esters is 1. The van der Waals surface area contributed by atoms with E-state index in [-0.39, 0.29) is 5.97 Å². The Balaban J connectivity index is 1.45. The van der Waals surface area contributed by atoms with Gasteiger partial charge in [0.1, 0.15) is 0 Å². The highest BCUT2D eigenvalue weighted by Crippen LogP contribution is 2.34. The van der Waals surface area contributed by atoms with Crippen LogP contribution in [0.3, 0.4) is 0 Å². The molecule has 1 N–H and O–H groups in total. The molecule has 4 heterocycles. The second-order valence-corrected chi connectivity index (χ2v) is 9.85. The molecule has 1 saturated heterocycles. The standard InChI is InChI=1S/C28H30N6O2/c1-32(2)19-9-11-34(12-10-19)20-6-7-21-24(14-20)31-27-22(28(35)36-4)15-23(30-26(21)27)17-5-8-25-18(13-17)16-29-33(25)3/h5-8,13-16,19,31H,9-12H2,1-4H3. The minimum Gasteiger partial charge on any atom is -0.465 e. The van der Waals surface area contributed by atoms with E-state index in [1.54, 1.807) is 0 Å². The number of carbonyl (C=O) groups excluding carboxylic acids is 1. The van der Waals surface area contributed by atoms with Crippen LogP contribution >= 0.6 is 0 Å². The van der Waals surface area contributed by atoms with Crippen molar-refractivity contribution in [1.82, 2.24) is 24.6 Å². The number of rotatable bonds is 4. The highest BCUT2D eigenvalue weighted by molar-refractivity contribution is 6.13. The topological polar surface area (TPSA) is 79.3 Å². The van der Waals surface area contributed by atoms with Gasteiger partial charge in [0.15, 0.2) is 0 Å². The predicted molar refractivity (Wildman–Crippen MR) is 144 cm³/mol. The van der Waals surface area contributed by atoms with Crippen molar-refractivity contribution in [1.29, 1.82) is 0 Å². The highest BCUT2D eigenvalue weighted by atomic mass is 16.5. The zero-order valence-electron chi connectivity index (χ0n) is 21.1. The van der Waals surface area contributed by atoms with Crippen LogP contribution in [0.1, 0.15) is 23.2 Å². The van der Waals surface area contributed by atoms with E-state index in [4.69, 9.17) is 9.72 Å². The molecule has 0 saturated carbocycles. The van der Waals surface area contributed by atoms with Gasteiger partial charge in [0.2, 0.25) is 0 Å². The average Bonchev–Trinajstić information content (AvgIpc) is 3.47. The zero-order chi connectivity index (χ0) is 25.0. The number of fused-ring (bicyclic) bond motifs is 4. The summed E-state index contributed by atoms with van der Waals surface area (Å²) in [6.45, 7) is 2.06. The molecule has 0 radical (unpaired) electrons. The molecule has 0 bridgehead atoms. The Morgan fingerprint density at radius 3 is 2.67 bits per heavy atom. The molecule has 0 atom stereocenters. The van der Waals surface area contributed by atoms with Crippen LogP contribution in [0, 0.1) is 0 Å². The van der Waals surface area contributed by atoms with Gasteiger partial charge in [-0.2, -0.15) is 5.10 Å². The van der Waals surface area contributed by atoms with Crippen molar-refractivity contribution in [3.8, 4) is 11.3 Å². The summed E-state index contributed by atoms with van der Waals surface area (Å²) in [5, 5.41) is 6.36. The molecular formula is C28H30N6O2. The van der Waals surface area contributed by atoms with Crippen LogP contribution in [0.4, 0.5) is 5.69 Å². The van der Waals surface area contributed by atoms with Crippen LogP contribution < -0.4 is 4.90 Å². The summed E-state index contributed by atoms with van der Waals surface area (Å²) >= 11 is 0. The number of nitrogens with one attached hydrogen (secondary N) is 1. The maximum atomic E-state index is 12.8. The number of H-pyrrole nitrogens is 1. The largest absolute Gasteiger partial charge is 0.465 e. The molecule has 3 aromatic heterocycles. The van der Waals surface area contributed by atoms with Crippen molar-refractivity contribution >= 4 is 44.5 Å². The van der Waals surface area contributed by atoms with Crippen LogP contribution in [-0.2, 0) is 11.8 Å². The van der Waals surface area contributed by atoms with Crippen molar-refractivity contribution < 1.29 is 9.53 Å². The number of piperidine rings is 1. The lowest BCUT2D eigenvalue weighted by Gasteiger charge is -2.36. The van der Waals surface area contributed by atoms with Crippen LogP contribution in [0.2, 0.25) is 0 Å². The number of ether oxygens (including phenoxy) is 1. The van der Waals surface area contributed by atoms with Crippen molar-refractivity contribution in [3.05, 3.63) is 54.2 Å². The molecule has 0 unspecified atom stereocenters. The number of pyridine rings is 1. The minimum atomic E-state index is -0.386. The van der Waals surface area contributed by atoms with E-state index < -0.39 is 0 Å². The van der Waals surface area contributed by atoms with E-state index in [9.17, 15) is 4.79 Å². The Bertz CT molecular complexity index is 1610. The number of hydrogen-bond acceptors (Lipinski definition) is 6. The average molecular weight is 483 g/mol. The molecular weight excluding hydrogens is 452 g/mol. The maximum absolute atomic E-state index is 12.8. The summed E-state index contributed by atoms with van der Waals surface area (Å²) in [4.78, 5) is 26.0. The van der Waals surface area contributed by atoms with Crippen LogP contribution in [0.25, 0.3) is 44.1 Å². The third kappa shape index (κ3) is 3.69. The number of hydrogen-bond donors (Lipinski definition) is 1. The van der Waals surface area contributed by atoms with E-state index in [0.29, 0.717) is 17.1 Å². The number of benzene rings is 2. The van der Waals surface area contributed by atoms with E-state index in [0.717, 1.165) is 64.5 Å². The summed E-state index contributed by atoms with van der Waals surface area (Å²) in [5.41, 5.74) is 6.80. The summed E-state index contributed by atoms with van der Waals surface area (Å²) in [6, 6.07) is 15.0. The second kappa shape index (κ2) is 8.64. The highest BCUT2D eigenvalue weighted by Gasteiger charge is 2.22. The smallest absolute Gasteiger partial charge is 0.340 e. The van der Waals surface area contributed by atoms with Gasteiger partial charge < -0.3 is 19.5 Å². The molecule has 1 aliphatic heterocycles. The molecule has 8 heteroatoms. The quantitative estimate of drug-likeness (QED) is 0.378. The van der Waals surface area contributed by atoms with E-state index >= 15 is 0 Å². The molecule has 1 fully saturated rings. The Labute approximate surface area is 209 Å². The van der Waals surface area contributed by atoms with Crippen LogP contribution in [0.15, 0.2) is 48.7 Å². The summed E-state index contributed by atoms with van der Waals surface area (Å²) in [6.07, 6.45) is 4.14. The fraction of sp³-hybridized carbons (Fsp3) is 0.321. The van der Waals surface area contributed by atoms with Gasteiger partial charge in [-0.1, -0.05) is 6.07 Å². The SMILES string of the molecule is COC(=O)c1cc(-c2ccc3c(cnn3C)c2)nc2c1[nH]c1cc(N3CCC(N(C)C)CC3)ccc12. The summed E-state index contributed by atoms with van der Waals surface area (Å²) in [7, 11) is 7.65. The van der Waals surface area contributed by atoms with Crippen molar-refractivity contribution in [3.63, 3.8) is 0 Å².